The number of hydrogen-bond donors (Lipinski definition) is 3. The normalized spacial score (nSPS) is 23.1. The smallest absolute Gasteiger partial charge is 0.411 e. The van der Waals surface area contributed by atoms with Crippen molar-refractivity contribution < 1.29 is 33.8 Å². The molecule has 1 aromatic heterocycles. The number of carbonyl (C=O) groups excluding carboxylic acids is 2. The number of carboxylic acid groups (broad SMARTS) is 1. The molecule has 2 aromatic rings. The van der Waals surface area contributed by atoms with Crippen LogP contribution < -0.4 is 10.9 Å². The Hall–Kier alpha value is -3.66. The number of aliphatic hydroxyl groups excluding tert-OH is 1. The molecule has 0 unspecified atom stereocenters. The molecule has 0 radical (unpaired) electrons. The summed E-state index contributed by atoms with van der Waals surface area (Å²) in [6.45, 7) is 4.66. The van der Waals surface area contributed by atoms with Crippen molar-refractivity contribution in [3.05, 3.63) is 51.5 Å². The second-order valence-electron chi connectivity index (χ2n) is 8.09. The standard InChI is InChI=1S/C22H22N2O8/c1-9-6-16(26)32-15-7-12(4-5-13(9)15)23-22(30)31-8-14-10(2)18-17(11(3)25)20(27)24(18)19(14)21(28)29/h4-7,10-11,17-18,25H,8H2,1-3H3,(H,23,30)(H,28,29)/t10-,11+,17+,18+/m0/s1. The topological polar surface area (TPSA) is 146 Å². The molecular formula is C22H22N2O8. The minimum atomic E-state index is -1.30. The van der Waals surface area contributed by atoms with E-state index in [0.717, 1.165) is 15.8 Å². The number of anilines is 1. The lowest BCUT2D eigenvalue weighted by atomic mass is 9.78. The van der Waals surface area contributed by atoms with Crippen molar-refractivity contribution in [1.82, 2.24) is 4.90 Å². The van der Waals surface area contributed by atoms with Crippen LogP contribution in [0.25, 0.3) is 11.0 Å². The van der Waals surface area contributed by atoms with E-state index in [0.29, 0.717) is 16.8 Å². The average molecular weight is 442 g/mol. The second-order valence-corrected chi connectivity index (χ2v) is 8.09. The van der Waals surface area contributed by atoms with Gasteiger partial charge < -0.3 is 24.3 Å². The van der Waals surface area contributed by atoms with E-state index < -0.39 is 47.6 Å². The van der Waals surface area contributed by atoms with E-state index in [9.17, 15) is 29.4 Å². The number of carboxylic acids is 1. The molecule has 0 aliphatic carbocycles. The summed E-state index contributed by atoms with van der Waals surface area (Å²) in [5.74, 6) is -2.84. The molecular weight excluding hydrogens is 420 g/mol. The third-order valence-electron chi connectivity index (χ3n) is 6.07. The summed E-state index contributed by atoms with van der Waals surface area (Å²) >= 11 is 0. The predicted octanol–water partition coefficient (Wildman–Crippen LogP) is 1.85. The molecule has 1 aromatic carbocycles. The molecule has 10 nitrogen and oxygen atoms in total. The number of fused-ring (bicyclic) bond motifs is 2. The van der Waals surface area contributed by atoms with Crippen molar-refractivity contribution in [1.29, 1.82) is 0 Å². The first-order chi connectivity index (χ1) is 15.1. The minimum absolute atomic E-state index is 0.208. The quantitative estimate of drug-likeness (QED) is 0.470. The van der Waals surface area contributed by atoms with Crippen LogP contribution in [-0.4, -0.2) is 51.8 Å². The monoisotopic (exact) mass is 442 g/mol. The minimum Gasteiger partial charge on any atom is -0.477 e. The van der Waals surface area contributed by atoms with Crippen molar-refractivity contribution in [3.63, 3.8) is 0 Å². The lowest BCUT2D eigenvalue weighted by molar-refractivity contribution is -0.163. The van der Waals surface area contributed by atoms with Crippen LogP contribution in [0.15, 0.2) is 44.7 Å². The van der Waals surface area contributed by atoms with E-state index in [4.69, 9.17) is 9.15 Å². The number of benzene rings is 1. The van der Waals surface area contributed by atoms with Gasteiger partial charge in [-0.1, -0.05) is 6.92 Å². The van der Waals surface area contributed by atoms with Gasteiger partial charge in [0.05, 0.1) is 18.1 Å². The molecule has 0 bridgehead atoms. The number of nitrogens with zero attached hydrogens (tertiary/aromatic N) is 1. The Morgan fingerprint density at radius 1 is 1.28 bits per heavy atom. The van der Waals surface area contributed by atoms with Crippen LogP contribution in [0.4, 0.5) is 10.5 Å². The van der Waals surface area contributed by atoms with Gasteiger partial charge in [-0.05, 0) is 31.5 Å². The third-order valence-corrected chi connectivity index (χ3v) is 6.07. The maximum absolute atomic E-state index is 12.3. The fourth-order valence-electron chi connectivity index (χ4n) is 4.53. The van der Waals surface area contributed by atoms with Gasteiger partial charge in [0.2, 0.25) is 5.91 Å². The van der Waals surface area contributed by atoms with Gasteiger partial charge in [-0.2, -0.15) is 0 Å². The number of ether oxygens (including phenoxy) is 1. The molecule has 10 heteroatoms. The second kappa shape index (κ2) is 7.79. The van der Waals surface area contributed by atoms with Gasteiger partial charge in [0.15, 0.2) is 0 Å². The first-order valence-corrected chi connectivity index (χ1v) is 10.1. The van der Waals surface area contributed by atoms with Gasteiger partial charge >= 0.3 is 17.7 Å². The Kier molecular flexibility index (Phi) is 5.25. The SMILES string of the molecule is Cc1cc(=O)oc2cc(NC(=O)OCC3=C(C(=O)O)N4C(=O)[C@H]([C@@H](C)O)[C@H]4[C@H]3C)ccc12. The molecule has 3 N–H and O–H groups in total. The van der Waals surface area contributed by atoms with E-state index in [2.05, 4.69) is 5.32 Å². The van der Waals surface area contributed by atoms with Gasteiger partial charge in [0.1, 0.15) is 17.9 Å². The lowest BCUT2D eigenvalue weighted by Crippen LogP contribution is -2.63. The summed E-state index contributed by atoms with van der Waals surface area (Å²) in [7, 11) is 0. The molecule has 2 amide bonds. The van der Waals surface area contributed by atoms with Crippen LogP contribution in [-0.2, 0) is 14.3 Å². The molecule has 0 saturated carbocycles. The zero-order valence-electron chi connectivity index (χ0n) is 17.6. The maximum atomic E-state index is 12.3. The van der Waals surface area contributed by atoms with Crippen molar-refractivity contribution in [2.75, 3.05) is 11.9 Å². The van der Waals surface area contributed by atoms with Crippen LogP contribution in [0.1, 0.15) is 19.4 Å². The van der Waals surface area contributed by atoms with E-state index in [1.54, 1.807) is 26.0 Å². The fraction of sp³-hybridized carbons (Fsp3) is 0.364. The highest BCUT2D eigenvalue weighted by Crippen LogP contribution is 2.47. The lowest BCUT2D eigenvalue weighted by Gasteiger charge is -2.46. The molecule has 1 fully saturated rings. The zero-order valence-corrected chi connectivity index (χ0v) is 17.6. The number of hydrogen-bond acceptors (Lipinski definition) is 7. The Morgan fingerprint density at radius 3 is 2.66 bits per heavy atom. The van der Waals surface area contributed by atoms with Crippen LogP contribution in [0.2, 0.25) is 0 Å². The molecule has 1 saturated heterocycles. The summed E-state index contributed by atoms with van der Waals surface area (Å²) in [5, 5.41) is 22.7. The molecule has 4 atom stereocenters. The summed E-state index contributed by atoms with van der Waals surface area (Å²) in [6, 6.07) is 5.69. The number of aryl methyl sites for hydroxylation is 1. The maximum Gasteiger partial charge on any atom is 0.411 e. The summed E-state index contributed by atoms with van der Waals surface area (Å²) < 4.78 is 10.4. The largest absolute Gasteiger partial charge is 0.477 e. The van der Waals surface area contributed by atoms with Gasteiger partial charge in [-0.25, -0.2) is 14.4 Å². The number of nitrogens with one attached hydrogen (secondary N) is 1. The highest BCUT2D eigenvalue weighted by atomic mass is 16.5. The summed E-state index contributed by atoms with van der Waals surface area (Å²) in [6.07, 6.45) is -1.75. The number of β-lactam (4-membered cyclic amide) rings is 1. The Balaban J connectivity index is 1.49. The third kappa shape index (κ3) is 3.42. The highest BCUT2D eigenvalue weighted by Gasteiger charge is 2.59. The zero-order chi connectivity index (χ0) is 23.3. The molecule has 32 heavy (non-hydrogen) atoms. The number of amides is 2. The van der Waals surface area contributed by atoms with Crippen LogP contribution in [0.5, 0.6) is 0 Å². The van der Waals surface area contributed by atoms with Gasteiger partial charge in [0.25, 0.3) is 0 Å². The first kappa shape index (κ1) is 21.6. The van der Waals surface area contributed by atoms with Crippen LogP contribution in [0, 0.1) is 18.8 Å². The molecule has 168 valence electrons. The molecule has 2 aliphatic heterocycles. The van der Waals surface area contributed by atoms with Crippen molar-refractivity contribution in [3.8, 4) is 0 Å². The van der Waals surface area contributed by atoms with Crippen LogP contribution in [0.3, 0.4) is 0 Å². The fourth-order valence-corrected chi connectivity index (χ4v) is 4.53. The van der Waals surface area contributed by atoms with Gasteiger partial charge in [0, 0.05) is 34.7 Å². The Bertz CT molecular complexity index is 1230. The van der Waals surface area contributed by atoms with Gasteiger partial charge in [-0.3, -0.25) is 10.1 Å². The molecule has 0 spiro atoms. The van der Waals surface area contributed by atoms with E-state index in [-0.39, 0.29) is 12.3 Å². The first-order valence-electron chi connectivity index (χ1n) is 10.1. The summed E-state index contributed by atoms with van der Waals surface area (Å²) in [5.41, 5.74) is 0.960. The van der Waals surface area contributed by atoms with Gasteiger partial charge in [-0.15, -0.1) is 0 Å². The highest BCUT2D eigenvalue weighted by molar-refractivity contribution is 6.00. The van der Waals surface area contributed by atoms with E-state index >= 15 is 0 Å². The average Bonchev–Trinajstić information content (AvgIpc) is 2.94. The van der Waals surface area contributed by atoms with Crippen molar-refractivity contribution in [2.24, 2.45) is 11.8 Å². The number of aliphatic carboxylic acids is 1. The molecule has 4 rings (SSSR count). The predicted molar refractivity (Wildman–Crippen MR) is 112 cm³/mol. The molecule has 2 aliphatic rings. The molecule has 3 heterocycles. The Labute approximate surface area is 182 Å². The number of aliphatic hydroxyl groups is 1. The van der Waals surface area contributed by atoms with E-state index in [1.807, 2.05) is 0 Å². The van der Waals surface area contributed by atoms with Crippen molar-refractivity contribution in [2.45, 2.75) is 32.9 Å². The number of rotatable bonds is 5. The van der Waals surface area contributed by atoms with Crippen LogP contribution >= 0.6 is 0 Å². The van der Waals surface area contributed by atoms with Crippen molar-refractivity contribution >= 4 is 34.6 Å². The Morgan fingerprint density at radius 2 is 2.00 bits per heavy atom. The summed E-state index contributed by atoms with van der Waals surface area (Å²) in [4.78, 5) is 49.2. The van der Waals surface area contributed by atoms with E-state index in [1.165, 1.54) is 19.1 Å². The number of carbonyl (C=O) groups is 3.